The van der Waals surface area contributed by atoms with Gasteiger partial charge in [0, 0.05) is 68.8 Å². The second kappa shape index (κ2) is 15.4. The number of piperazine rings is 1. The Hall–Kier alpha value is -3.48. The zero-order valence-electron chi connectivity index (χ0n) is 28.9. The molecule has 2 aromatic carbocycles. The minimum Gasteiger partial charge on any atom is -0.466 e. The molecule has 1 unspecified atom stereocenters. The van der Waals surface area contributed by atoms with Gasteiger partial charge in [0.05, 0.1) is 41.4 Å². The highest BCUT2D eigenvalue weighted by Gasteiger charge is 2.54. The maximum atomic E-state index is 14.9. The summed E-state index contributed by atoms with van der Waals surface area (Å²) in [6.07, 6.45) is 5.54. The van der Waals surface area contributed by atoms with Gasteiger partial charge in [-0.1, -0.05) is 41.4 Å². The van der Waals surface area contributed by atoms with Gasteiger partial charge in [-0.25, -0.2) is 4.90 Å². The Morgan fingerprint density at radius 1 is 0.940 bits per heavy atom. The van der Waals surface area contributed by atoms with Crippen LogP contribution in [0.3, 0.4) is 0 Å². The Kier molecular flexibility index (Phi) is 11.2. The second-order valence-corrected chi connectivity index (χ2v) is 14.3. The van der Waals surface area contributed by atoms with Crippen LogP contribution in [0.25, 0.3) is 10.9 Å². The topological polar surface area (TPSA) is 113 Å². The number of hydrogen-bond donors (Lipinski definition) is 1. The normalized spacial score (nSPS) is 21.7. The zero-order chi connectivity index (χ0) is 35.6. The van der Waals surface area contributed by atoms with Gasteiger partial charge in [-0.05, 0) is 69.2 Å². The van der Waals surface area contributed by atoms with Crippen molar-refractivity contribution in [1.82, 2.24) is 19.3 Å². The van der Waals surface area contributed by atoms with E-state index in [1.54, 1.807) is 37.2 Å². The molecular formula is C37H45Cl2N5O6. The molecule has 2 aliphatic heterocycles. The molecule has 2 saturated heterocycles. The largest absolute Gasteiger partial charge is 0.466 e. The lowest BCUT2D eigenvalue weighted by molar-refractivity contribution is -0.259. The number of ketones is 1. The molecule has 1 saturated carbocycles. The lowest BCUT2D eigenvalue weighted by Crippen LogP contribution is -2.71. The van der Waals surface area contributed by atoms with E-state index in [4.69, 9.17) is 32.7 Å². The van der Waals surface area contributed by atoms with Crippen LogP contribution < -0.4 is 5.32 Å². The van der Waals surface area contributed by atoms with Gasteiger partial charge >= 0.3 is 5.97 Å². The number of benzene rings is 2. The van der Waals surface area contributed by atoms with Gasteiger partial charge in [-0.15, -0.1) is 0 Å². The summed E-state index contributed by atoms with van der Waals surface area (Å²) < 4.78 is 14.1. The van der Waals surface area contributed by atoms with Crippen LogP contribution in [0.2, 0.25) is 10.0 Å². The highest BCUT2D eigenvalue weighted by atomic mass is 35.5. The molecule has 2 amide bonds. The predicted molar refractivity (Wildman–Crippen MR) is 192 cm³/mol. The third kappa shape index (κ3) is 7.29. The fourth-order valence-electron chi connectivity index (χ4n) is 7.53. The summed E-state index contributed by atoms with van der Waals surface area (Å²) >= 11 is 13.6. The first-order valence-corrected chi connectivity index (χ1v) is 18.2. The Morgan fingerprint density at radius 3 is 2.36 bits per heavy atom. The first kappa shape index (κ1) is 36.3. The number of amides is 2. The summed E-state index contributed by atoms with van der Waals surface area (Å²) in [4.78, 5) is 59.5. The number of esters is 1. The van der Waals surface area contributed by atoms with Crippen LogP contribution in [-0.4, -0.2) is 101 Å². The summed E-state index contributed by atoms with van der Waals surface area (Å²) in [6, 6.07) is 10.8. The van der Waals surface area contributed by atoms with E-state index >= 15 is 0 Å². The predicted octanol–water partition coefficient (Wildman–Crippen LogP) is 5.51. The smallest absolute Gasteiger partial charge is 0.308 e. The third-order valence-corrected chi connectivity index (χ3v) is 11.0. The number of ether oxygens (including phenoxy) is 2. The number of likely N-dealkylation sites (N-methyl/N-ethyl adjacent to an activating group) is 1. The fraction of sp³-hybridized carbons (Fsp3) is 0.514. The van der Waals surface area contributed by atoms with Crippen molar-refractivity contribution < 1.29 is 28.7 Å². The lowest BCUT2D eigenvalue weighted by Gasteiger charge is -2.51. The minimum atomic E-state index is -1.51. The van der Waals surface area contributed by atoms with Gasteiger partial charge in [-0.3, -0.25) is 24.1 Å². The van der Waals surface area contributed by atoms with Crippen molar-refractivity contribution in [2.45, 2.75) is 63.8 Å². The summed E-state index contributed by atoms with van der Waals surface area (Å²) in [5, 5.41) is 4.22. The molecule has 1 N–H and O–H groups in total. The monoisotopic (exact) mass is 725 g/mol. The number of rotatable bonds is 11. The Bertz CT molecular complexity index is 1770. The van der Waals surface area contributed by atoms with Crippen LogP contribution in [0.15, 0.2) is 42.6 Å². The van der Waals surface area contributed by atoms with Crippen LogP contribution in [0.4, 0.5) is 5.69 Å². The highest BCUT2D eigenvalue weighted by molar-refractivity contribution is 6.36. The van der Waals surface area contributed by atoms with Crippen LogP contribution in [-0.2, 0) is 37.3 Å². The molecule has 50 heavy (non-hydrogen) atoms. The number of carbonyl (C=O) groups excluding carboxylic acids is 4. The summed E-state index contributed by atoms with van der Waals surface area (Å²) in [5.41, 5.74) is 2.24. The number of likely N-dealkylation sites (tertiary alicyclic amines) is 1. The fourth-order valence-corrected chi connectivity index (χ4v) is 8.00. The van der Waals surface area contributed by atoms with E-state index in [0.29, 0.717) is 75.3 Å². The van der Waals surface area contributed by atoms with Crippen LogP contribution >= 0.6 is 23.2 Å². The van der Waals surface area contributed by atoms with Gasteiger partial charge < -0.3 is 24.3 Å². The number of fused-ring (bicyclic) bond motifs is 1. The molecule has 3 fully saturated rings. The van der Waals surface area contributed by atoms with Gasteiger partial charge in [0.2, 0.25) is 11.8 Å². The number of anilines is 1. The summed E-state index contributed by atoms with van der Waals surface area (Å²) in [6.45, 7) is 4.36. The molecule has 268 valence electrons. The number of halogens is 2. The second-order valence-electron chi connectivity index (χ2n) is 13.5. The SMILES string of the molecule is CCOC(=O)C1CCC(OC(C(=O)Cc2cc(Cl)c(NC(=O)c3cn(C)c4ccccc34)cc2Cl)(N2CCCC2)N2CCN(C)C(=O)C2)CC1. The molecule has 6 rings (SSSR count). The molecular weight excluding hydrogens is 681 g/mol. The van der Waals surface area contributed by atoms with Gasteiger partial charge in [0.25, 0.3) is 5.91 Å². The molecule has 3 aromatic rings. The molecule has 1 atom stereocenters. The van der Waals surface area contributed by atoms with Gasteiger partial charge in [0.15, 0.2) is 5.78 Å². The molecule has 0 bridgehead atoms. The van der Waals surface area contributed by atoms with Crippen molar-refractivity contribution in [1.29, 1.82) is 0 Å². The van der Waals surface area contributed by atoms with E-state index < -0.39 is 5.85 Å². The number of nitrogens with zero attached hydrogens (tertiary/aromatic N) is 4. The van der Waals surface area contributed by atoms with Crippen molar-refractivity contribution >= 4 is 63.4 Å². The minimum absolute atomic E-state index is 0.0323. The van der Waals surface area contributed by atoms with Crippen molar-refractivity contribution in [2.75, 3.05) is 51.7 Å². The number of aromatic nitrogens is 1. The number of aryl methyl sites for hydroxylation is 1. The Labute approximate surface area is 302 Å². The first-order chi connectivity index (χ1) is 24.0. The van der Waals surface area contributed by atoms with E-state index in [9.17, 15) is 19.2 Å². The van der Waals surface area contributed by atoms with Crippen LogP contribution in [0, 0.1) is 5.92 Å². The molecule has 3 heterocycles. The summed E-state index contributed by atoms with van der Waals surface area (Å²) in [5.74, 6) is -2.56. The van der Waals surface area contributed by atoms with E-state index in [0.717, 1.165) is 23.7 Å². The molecule has 11 nitrogen and oxygen atoms in total. The third-order valence-electron chi connectivity index (χ3n) is 10.3. The molecule has 1 aliphatic carbocycles. The van der Waals surface area contributed by atoms with Crippen molar-refractivity contribution in [3.63, 3.8) is 0 Å². The van der Waals surface area contributed by atoms with Crippen molar-refractivity contribution in [3.05, 3.63) is 63.8 Å². The van der Waals surface area contributed by atoms with Crippen LogP contribution in [0.5, 0.6) is 0 Å². The van der Waals surface area contributed by atoms with E-state index in [-0.39, 0.29) is 58.6 Å². The number of nitrogens with one attached hydrogen (secondary N) is 1. The van der Waals surface area contributed by atoms with E-state index in [1.807, 2.05) is 40.8 Å². The maximum absolute atomic E-state index is 14.9. The van der Waals surface area contributed by atoms with Gasteiger partial charge in [-0.2, -0.15) is 0 Å². The Balaban J connectivity index is 1.27. The first-order valence-electron chi connectivity index (χ1n) is 17.5. The maximum Gasteiger partial charge on any atom is 0.308 e. The standard InChI is InChI=1S/C37H45Cl2N5O6/c1-4-49-36(48)24-11-13-26(14-12-24)50-37(43-15-7-8-16-43,44-18-17-41(2)34(46)23-44)33(45)20-25-19-30(39)31(21-29(25)38)40-35(47)28-22-42(3)32-10-6-5-9-27(28)32/h5-6,9-10,19,21-22,24,26H,4,7-8,11-18,20,23H2,1-3H3,(H,40,47). The van der Waals surface area contributed by atoms with E-state index in [1.165, 1.54) is 0 Å². The number of carbonyl (C=O) groups is 4. The average Bonchev–Trinajstić information content (AvgIpc) is 3.76. The molecule has 13 heteroatoms. The average molecular weight is 727 g/mol. The summed E-state index contributed by atoms with van der Waals surface area (Å²) in [7, 11) is 3.64. The van der Waals surface area contributed by atoms with Crippen molar-refractivity contribution in [3.8, 4) is 0 Å². The quantitative estimate of drug-likeness (QED) is 0.258. The number of hydrogen-bond acceptors (Lipinski definition) is 8. The molecule has 1 aromatic heterocycles. The number of Topliss-reactive ketones (excluding diaryl/α,β-unsaturated/α-hetero) is 1. The molecule has 3 aliphatic rings. The molecule has 0 radical (unpaired) electrons. The number of para-hydroxylation sites is 1. The highest BCUT2D eigenvalue weighted by Crippen LogP contribution is 2.38. The lowest BCUT2D eigenvalue weighted by atomic mass is 9.87. The zero-order valence-corrected chi connectivity index (χ0v) is 30.4. The van der Waals surface area contributed by atoms with E-state index in [2.05, 4.69) is 10.2 Å². The van der Waals surface area contributed by atoms with Crippen LogP contribution in [0.1, 0.15) is 61.4 Å². The van der Waals surface area contributed by atoms with Crippen molar-refractivity contribution in [2.24, 2.45) is 13.0 Å². The molecule has 0 spiro atoms. The van der Waals surface area contributed by atoms with Gasteiger partial charge in [0.1, 0.15) is 0 Å². The Morgan fingerprint density at radius 2 is 1.66 bits per heavy atom.